The predicted octanol–water partition coefficient (Wildman–Crippen LogP) is 5.63. The summed E-state index contributed by atoms with van der Waals surface area (Å²) in [6.45, 7) is 11.8. The van der Waals surface area contributed by atoms with Gasteiger partial charge in [0.05, 0.1) is 18.3 Å². The molecule has 3 aliphatic rings. The second kappa shape index (κ2) is 11.3. The van der Waals surface area contributed by atoms with Crippen molar-refractivity contribution in [2.45, 2.75) is 84.2 Å². The van der Waals surface area contributed by atoms with E-state index in [0.29, 0.717) is 31.0 Å². The van der Waals surface area contributed by atoms with Gasteiger partial charge in [-0.2, -0.15) is 0 Å². The van der Waals surface area contributed by atoms with Crippen LogP contribution in [0.15, 0.2) is 35.9 Å². The zero-order chi connectivity index (χ0) is 25.2. The van der Waals surface area contributed by atoms with Gasteiger partial charge in [0.25, 0.3) is 0 Å². The van der Waals surface area contributed by atoms with Gasteiger partial charge in [0.1, 0.15) is 6.10 Å². The van der Waals surface area contributed by atoms with Crippen molar-refractivity contribution >= 4 is 17.6 Å². The van der Waals surface area contributed by atoms with Gasteiger partial charge in [-0.05, 0) is 73.6 Å². The SMILES string of the molecule is CC(=O)O[C@@H]1C[C@@]2(O)[C@H](C)CC[C@@H]([C@H](C)CN3CCC(OCc4ccc(Cl)cc4)CC3)[C@H]2C=C1C. The molecule has 194 valence electrons. The Bertz CT molecular complexity index is 894. The molecule has 0 aromatic heterocycles. The molecule has 2 fully saturated rings. The van der Waals surface area contributed by atoms with E-state index < -0.39 is 5.60 Å². The average molecular weight is 504 g/mol. The van der Waals surface area contributed by atoms with E-state index in [0.717, 1.165) is 61.5 Å². The first-order valence-electron chi connectivity index (χ1n) is 13.3. The number of benzene rings is 1. The van der Waals surface area contributed by atoms with Gasteiger partial charge >= 0.3 is 5.97 Å². The molecule has 35 heavy (non-hydrogen) atoms. The Morgan fingerprint density at radius 3 is 2.54 bits per heavy atom. The first-order chi connectivity index (χ1) is 16.7. The molecule has 6 atom stereocenters. The molecule has 2 aliphatic carbocycles. The van der Waals surface area contributed by atoms with E-state index in [1.807, 2.05) is 31.2 Å². The highest BCUT2D eigenvalue weighted by Crippen LogP contribution is 2.51. The largest absolute Gasteiger partial charge is 0.458 e. The first kappa shape index (κ1) is 26.7. The Balaban J connectivity index is 1.31. The summed E-state index contributed by atoms with van der Waals surface area (Å²) in [6.07, 6.45) is 7.00. The van der Waals surface area contributed by atoms with Crippen LogP contribution in [0.2, 0.25) is 5.02 Å². The van der Waals surface area contributed by atoms with Gasteiger partial charge in [-0.3, -0.25) is 4.79 Å². The number of rotatable bonds is 7. The second-order valence-corrected chi connectivity index (χ2v) is 11.7. The van der Waals surface area contributed by atoms with Crippen LogP contribution in [0.25, 0.3) is 0 Å². The lowest BCUT2D eigenvalue weighted by Crippen LogP contribution is -2.56. The van der Waals surface area contributed by atoms with E-state index in [1.54, 1.807) is 0 Å². The maximum absolute atomic E-state index is 11.8. The molecule has 1 saturated carbocycles. The molecule has 0 bridgehead atoms. The van der Waals surface area contributed by atoms with Crippen molar-refractivity contribution in [1.29, 1.82) is 0 Å². The summed E-state index contributed by atoms with van der Waals surface area (Å²) in [5.74, 6) is 0.960. The summed E-state index contributed by atoms with van der Waals surface area (Å²) < 4.78 is 11.7. The predicted molar refractivity (Wildman–Crippen MR) is 139 cm³/mol. The number of carbonyl (C=O) groups is 1. The third-order valence-electron chi connectivity index (χ3n) is 8.81. The third-order valence-corrected chi connectivity index (χ3v) is 9.06. The van der Waals surface area contributed by atoms with Crippen molar-refractivity contribution in [2.75, 3.05) is 19.6 Å². The van der Waals surface area contributed by atoms with Gasteiger partial charge < -0.3 is 19.5 Å². The highest BCUT2D eigenvalue weighted by Gasteiger charge is 2.52. The zero-order valence-corrected chi connectivity index (χ0v) is 22.5. The minimum absolute atomic E-state index is 0.119. The van der Waals surface area contributed by atoms with E-state index in [-0.39, 0.29) is 23.9 Å². The highest BCUT2D eigenvalue weighted by molar-refractivity contribution is 6.30. The molecule has 1 heterocycles. The molecule has 0 spiro atoms. The number of carbonyl (C=O) groups excluding carboxylic acids is 1. The van der Waals surface area contributed by atoms with Gasteiger partial charge in [0, 0.05) is 43.9 Å². The van der Waals surface area contributed by atoms with Gasteiger partial charge in [0.2, 0.25) is 0 Å². The lowest BCUT2D eigenvalue weighted by Gasteiger charge is -2.53. The standard InChI is InChI=1S/C29H42ClNO4/c1-19-15-27-26(10-5-21(3)29(27,33)16-28(19)35-22(4)32)20(2)17-31-13-11-25(12-14-31)34-18-23-6-8-24(30)9-7-23/h6-9,15,20-21,25-28,33H,5,10-14,16-18H2,1-4H3/t20-,21-,26+,27-,28-,29-/m1/s1. The summed E-state index contributed by atoms with van der Waals surface area (Å²) in [5.41, 5.74) is 1.44. The van der Waals surface area contributed by atoms with Crippen molar-refractivity contribution in [3.63, 3.8) is 0 Å². The molecule has 1 saturated heterocycles. The van der Waals surface area contributed by atoms with Crippen molar-refractivity contribution in [3.8, 4) is 0 Å². The number of fused-ring (bicyclic) bond motifs is 1. The Morgan fingerprint density at radius 2 is 1.89 bits per heavy atom. The Kier molecular flexibility index (Phi) is 8.63. The number of hydrogen-bond acceptors (Lipinski definition) is 5. The molecular weight excluding hydrogens is 462 g/mol. The minimum atomic E-state index is -0.806. The molecule has 1 aromatic carbocycles. The van der Waals surface area contributed by atoms with Crippen LogP contribution >= 0.6 is 11.6 Å². The quantitative estimate of drug-likeness (QED) is 0.386. The zero-order valence-electron chi connectivity index (χ0n) is 21.7. The maximum atomic E-state index is 11.8. The van der Waals surface area contributed by atoms with Crippen LogP contribution in [0.4, 0.5) is 0 Å². The molecule has 6 heteroatoms. The van der Waals surface area contributed by atoms with E-state index in [2.05, 4.69) is 24.8 Å². The molecule has 0 radical (unpaired) electrons. The normalized spacial score (nSPS) is 33.0. The number of esters is 1. The van der Waals surface area contributed by atoms with E-state index in [9.17, 15) is 9.90 Å². The fraction of sp³-hybridized carbons (Fsp3) is 0.690. The fourth-order valence-electron chi connectivity index (χ4n) is 6.59. The number of halogens is 1. The average Bonchev–Trinajstić information content (AvgIpc) is 2.81. The van der Waals surface area contributed by atoms with Gasteiger partial charge in [-0.15, -0.1) is 0 Å². The molecule has 4 rings (SSSR count). The highest BCUT2D eigenvalue weighted by atomic mass is 35.5. The van der Waals surface area contributed by atoms with Crippen LogP contribution in [0.1, 0.15) is 65.4 Å². The summed E-state index contributed by atoms with van der Waals surface area (Å²) in [5, 5.41) is 12.6. The van der Waals surface area contributed by atoms with Crippen LogP contribution in [0, 0.1) is 23.7 Å². The van der Waals surface area contributed by atoms with Crippen LogP contribution in [0.5, 0.6) is 0 Å². The number of piperidine rings is 1. The van der Waals surface area contributed by atoms with E-state index in [4.69, 9.17) is 21.1 Å². The molecule has 0 amide bonds. The van der Waals surface area contributed by atoms with Gasteiger partial charge in [-0.25, -0.2) is 0 Å². The second-order valence-electron chi connectivity index (χ2n) is 11.3. The van der Waals surface area contributed by atoms with Gasteiger partial charge in [0.15, 0.2) is 0 Å². The first-order valence-corrected chi connectivity index (χ1v) is 13.7. The van der Waals surface area contributed by atoms with E-state index in [1.165, 1.54) is 6.92 Å². The van der Waals surface area contributed by atoms with Crippen LogP contribution in [0.3, 0.4) is 0 Å². The van der Waals surface area contributed by atoms with Gasteiger partial charge in [-0.1, -0.05) is 43.7 Å². The minimum Gasteiger partial charge on any atom is -0.458 e. The number of ether oxygens (including phenoxy) is 2. The number of likely N-dealkylation sites (tertiary alicyclic amines) is 1. The van der Waals surface area contributed by atoms with Crippen molar-refractivity contribution in [3.05, 3.63) is 46.5 Å². The molecule has 0 unspecified atom stereocenters. The third kappa shape index (κ3) is 6.30. The number of nitrogens with zero attached hydrogens (tertiary/aromatic N) is 1. The molecule has 1 aliphatic heterocycles. The lowest BCUT2D eigenvalue weighted by atomic mass is 9.57. The molecule has 5 nitrogen and oxygen atoms in total. The Hall–Kier alpha value is -1.40. The van der Waals surface area contributed by atoms with E-state index >= 15 is 0 Å². The van der Waals surface area contributed by atoms with Crippen molar-refractivity contribution in [1.82, 2.24) is 4.90 Å². The fourth-order valence-corrected chi connectivity index (χ4v) is 6.72. The summed E-state index contributed by atoms with van der Waals surface area (Å²) in [7, 11) is 0. The summed E-state index contributed by atoms with van der Waals surface area (Å²) >= 11 is 5.98. The molecule has 1 aromatic rings. The molecule has 1 N–H and O–H groups in total. The topological polar surface area (TPSA) is 59.0 Å². The van der Waals surface area contributed by atoms with Crippen LogP contribution in [-0.2, 0) is 20.9 Å². The van der Waals surface area contributed by atoms with Crippen molar-refractivity contribution < 1.29 is 19.4 Å². The monoisotopic (exact) mass is 503 g/mol. The Morgan fingerprint density at radius 1 is 1.20 bits per heavy atom. The van der Waals surface area contributed by atoms with Crippen molar-refractivity contribution in [2.24, 2.45) is 23.7 Å². The molecular formula is C29H42ClNO4. The summed E-state index contributed by atoms with van der Waals surface area (Å²) in [4.78, 5) is 14.2. The lowest BCUT2D eigenvalue weighted by molar-refractivity contribution is -0.159. The maximum Gasteiger partial charge on any atom is 0.303 e. The number of aliphatic hydroxyl groups is 1. The van der Waals surface area contributed by atoms with Crippen LogP contribution < -0.4 is 0 Å². The number of hydrogen-bond donors (Lipinski definition) is 1. The Labute approximate surface area is 215 Å². The smallest absolute Gasteiger partial charge is 0.303 e. The van der Waals surface area contributed by atoms with Crippen LogP contribution in [-0.4, -0.2) is 53.4 Å². The summed E-state index contributed by atoms with van der Waals surface area (Å²) in [6, 6.07) is 7.89.